The summed E-state index contributed by atoms with van der Waals surface area (Å²) in [5.41, 5.74) is -2.78. The molecule has 6 nitrogen and oxygen atoms in total. The maximum absolute atomic E-state index is 13.1. The zero-order valence-electron chi connectivity index (χ0n) is 16.6. The van der Waals surface area contributed by atoms with Crippen LogP contribution in [0.1, 0.15) is 16.7 Å². The van der Waals surface area contributed by atoms with Gasteiger partial charge in [-0.05, 0) is 35.9 Å². The van der Waals surface area contributed by atoms with Gasteiger partial charge in [0.25, 0.3) is 5.91 Å². The minimum Gasteiger partial charge on any atom is -0.345 e. The zero-order chi connectivity index (χ0) is 23.7. The molecule has 32 heavy (non-hydrogen) atoms. The van der Waals surface area contributed by atoms with Crippen molar-refractivity contribution >= 4 is 17.7 Å². The van der Waals surface area contributed by atoms with E-state index in [9.17, 15) is 31.1 Å². The summed E-state index contributed by atoms with van der Waals surface area (Å²) in [6.45, 7) is 0. The van der Waals surface area contributed by atoms with Crippen LogP contribution in [0.25, 0.3) is 23.2 Å². The lowest BCUT2D eigenvalue weighted by Crippen LogP contribution is -2.23. The number of hydrogen-bond donors (Lipinski definition) is 0. The van der Waals surface area contributed by atoms with Gasteiger partial charge in [0, 0.05) is 38.3 Å². The number of amides is 1. The van der Waals surface area contributed by atoms with Gasteiger partial charge in [-0.15, -0.1) is 5.10 Å². The third-order valence-corrected chi connectivity index (χ3v) is 4.24. The third-order valence-electron chi connectivity index (χ3n) is 4.24. The standard InChI is InChI=1S/C20H15F6N5O/c1-30(2)18(32)16(12-3-5-27-6-4-12)10-31-11-28-17(29-31)13-7-14(19(21,22)23)9-15(8-13)20(24,25)26/h3-11H,1-2H3/b16-10-. The molecular weight excluding hydrogens is 440 g/mol. The maximum atomic E-state index is 13.1. The Balaban J connectivity index is 2.08. The molecule has 0 saturated carbocycles. The summed E-state index contributed by atoms with van der Waals surface area (Å²) in [6.07, 6.45) is -4.73. The molecule has 1 aromatic carbocycles. The third kappa shape index (κ3) is 5.13. The molecule has 2 heterocycles. The highest BCUT2D eigenvalue weighted by molar-refractivity contribution is 6.22. The average Bonchev–Trinajstić information content (AvgIpc) is 3.19. The van der Waals surface area contributed by atoms with Crippen LogP contribution in [0.5, 0.6) is 0 Å². The number of hydrogen-bond acceptors (Lipinski definition) is 4. The summed E-state index contributed by atoms with van der Waals surface area (Å²) >= 11 is 0. The van der Waals surface area contributed by atoms with Crippen molar-refractivity contribution < 1.29 is 31.1 Å². The van der Waals surface area contributed by atoms with E-state index in [4.69, 9.17) is 0 Å². The van der Waals surface area contributed by atoms with Crippen molar-refractivity contribution in [2.24, 2.45) is 0 Å². The first-order valence-corrected chi connectivity index (χ1v) is 8.91. The molecule has 0 atom stereocenters. The number of likely N-dealkylation sites (N-methyl/N-ethyl adjacent to an activating group) is 1. The molecule has 0 N–H and O–H groups in total. The Morgan fingerprint density at radius 2 is 1.53 bits per heavy atom. The molecule has 1 amide bonds. The van der Waals surface area contributed by atoms with Crippen molar-refractivity contribution in [2.45, 2.75) is 12.4 Å². The minimum absolute atomic E-state index is 0.0255. The SMILES string of the molecule is CN(C)C(=O)/C(=C\n1cnc(-c2cc(C(F)(F)F)cc(C(F)(F)F)c2)n1)c1ccncc1. The summed E-state index contributed by atoms with van der Waals surface area (Å²) in [4.78, 5) is 21.5. The van der Waals surface area contributed by atoms with E-state index in [0.717, 1.165) is 11.0 Å². The van der Waals surface area contributed by atoms with E-state index in [1.807, 2.05) is 0 Å². The summed E-state index contributed by atoms with van der Waals surface area (Å²) < 4.78 is 79.7. The molecule has 0 aliphatic carbocycles. The monoisotopic (exact) mass is 455 g/mol. The van der Waals surface area contributed by atoms with Crippen LogP contribution < -0.4 is 0 Å². The molecule has 0 unspecified atom stereocenters. The van der Waals surface area contributed by atoms with Crippen molar-refractivity contribution in [1.29, 1.82) is 0 Å². The second-order valence-corrected chi connectivity index (χ2v) is 6.82. The van der Waals surface area contributed by atoms with E-state index >= 15 is 0 Å². The summed E-state index contributed by atoms with van der Waals surface area (Å²) in [5.74, 6) is -0.782. The number of pyridine rings is 1. The highest BCUT2D eigenvalue weighted by Gasteiger charge is 2.37. The molecule has 3 rings (SSSR count). The summed E-state index contributed by atoms with van der Waals surface area (Å²) in [6, 6.07) is 4.22. The van der Waals surface area contributed by atoms with Gasteiger partial charge in [0.1, 0.15) is 6.33 Å². The topological polar surface area (TPSA) is 63.9 Å². The first-order chi connectivity index (χ1) is 14.9. The fourth-order valence-corrected chi connectivity index (χ4v) is 2.71. The van der Waals surface area contributed by atoms with Crippen LogP contribution in [0, 0.1) is 0 Å². The van der Waals surface area contributed by atoms with Crippen LogP contribution >= 0.6 is 0 Å². The highest BCUT2D eigenvalue weighted by Crippen LogP contribution is 2.38. The van der Waals surface area contributed by atoms with Gasteiger partial charge in [-0.1, -0.05) is 0 Å². The van der Waals surface area contributed by atoms with Gasteiger partial charge in [-0.2, -0.15) is 26.3 Å². The number of benzene rings is 1. The quantitative estimate of drug-likeness (QED) is 0.431. The number of carbonyl (C=O) groups excluding carboxylic acids is 1. The number of halogens is 6. The predicted octanol–water partition coefficient (Wildman–Crippen LogP) is 4.46. The largest absolute Gasteiger partial charge is 0.416 e. The van der Waals surface area contributed by atoms with E-state index in [0.29, 0.717) is 17.7 Å². The van der Waals surface area contributed by atoms with E-state index in [1.54, 1.807) is 12.1 Å². The van der Waals surface area contributed by atoms with Gasteiger partial charge in [-0.3, -0.25) is 9.78 Å². The molecule has 0 aliphatic heterocycles. The molecule has 0 fully saturated rings. The summed E-state index contributed by atoms with van der Waals surface area (Å²) in [5, 5.41) is 3.94. The molecule has 168 valence electrons. The minimum atomic E-state index is -4.99. The van der Waals surface area contributed by atoms with Crippen LogP contribution in [0.3, 0.4) is 0 Å². The number of aromatic nitrogens is 4. The van der Waals surface area contributed by atoms with Crippen molar-refractivity contribution in [3.8, 4) is 11.4 Å². The van der Waals surface area contributed by atoms with Crippen molar-refractivity contribution in [1.82, 2.24) is 24.6 Å². The van der Waals surface area contributed by atoms with Crippen molar-refractivity contribution in [3.05, 3.63) is 65.7 Å². The lowest BCUT2D eigenvalue weighted by atomic mass is 10.0. The lowest BCUT2D eigenvalue weighted by Gasteiger charge is -2.13. The van der Waals surface area contributed by atoms with Crippen LogP contribution in [-0.4, -0.2) is 44.7 Å². The normalized spacial score (nSPS) is 12.7. The van der Waals surface area contributed by atoms with E-state index in [2.05, 4.69) is 15.1 Å². The molecule has 12 heteroatoms. The maximum Gasteiger partial charge on any atom is 0.416 e. The fraction of sp³-hybridized carbons (Fsp3) is 0.200. The Labute approximate surface area is 177 Å². The Morgan fingerprint density at radius 3 is 2.03 bits per heavy atom. The van der Waals surface area contributed by atoms with Crippen LogP contribution in [0.4, 0.5) is 26.3 Å². The summed E-state index contributed by atoms with van der Waals surface area (Å²) in [7, 11) is 3.04. The number of carbonyl (C=O) groups is 1. The van der Waals surface area contributed by atoms with Gasteiger partial charge in [-0.25, -0.2) is 9.67 Å². The van der Waals surface area contributed by atoms with Crippen molar-refractivity contribution in [3.63, 3.8) is 0 Å². The second-order valence-electron chi connectivity index (χ2n) is 6.82. The van der Waals surface area contributed by atoms with Crippen LogP contribution in [-0.2, 0) is 17.1 Å². The van der Waals surface area contributed by atoms with Gasteiger partial charge >= 0.3 is 12.4 Å². The molecule has 0 saturated heterocycles. The number of nitrogens with zero attached hydrogens (tertiary/aromatic N) is 5. The molecule has 0 radical (unpaired) electrons. The molecule has 0 aliphatic rings. The van der Waals surface area contributed by atoms with Crippen LogP contribution in [0.15, 0.2) is 49.1 Å². The molecule has 0 bridgehead atoms. The lowest BCUT2D eigenvalue weighted by molar-refractivity contribution is -0.143. The van der Waals surface area contributed by atoms with Crippen LogP contribution in [0.2, 0.25) is 0 Å². The average molecular weight is 455 g/mol. The molecule has 0 spiro atoms. The number of alkyl halides is 6. The first-order valence-electron chi connectivity index (χ1n) is 8.91. The Kier molecular flexibility index (Phi) is 6.06. The van der Waals surface area contributed by atoms with Gasteiger partial charge in [0.15, 0.2) is 5.82 Å². The molecule has 2 aromatic heterocycles. The highest BCUT2D eigenvalue weighted by atomic mass is 19.4. The molecular formula is C20H15F6N5O. The Morgan fingerprint density at radius 1 is 0.969 bits per heavy atom. The zero-order valence-corrected chi connectivity index (χ0v) is 16.6. The van der Waals surface area contributed by atoms with Gasteiger partial charge in [0.2, 0.25) is 0 Å². The molecule has 3 aromatic rings. The van der Waals surface area contributed by atoms with Crippen molar-refractivity contribution in [2.75, 3.05) is 14.1 Å². The van der Waals surface area contributed by atoms with Gasteiger partial charge < -0.3 is 4.90 Å². The predicted molar refractivity (Wildman–Crippen MR) is 103 cm³/mol. The fourth-order valence-electron chi connectivity index (χ4n) is 2.71. The smallest absolute Gasteiger partial charge is 0.345 e. The van der Waals surface area contributed by atoms with Gasteiger partial charge in [0.05, 0.1) is 16.7 Å². The van der Waals surface area contributed by atoms with E-state index in [1.165, 1.54) is 37.6 Å². The first kappa shape index (κ1) is 23.0. The van der Waals surface area contributed by atoms with E-state index in [-0.39, 0.29) is 17.5 Å². The Hall–Kier alpha value is -3.70. The Bertz CT molecular complexity index is 1120. The van der Waals surface area contributed by atoms with E-state index < -0.39 is 35.0 Å². The second kappa shape index (κ2) is 8.44. The number of rotatable bonds is 4.